The molecule has 6 nitrogen and oxygen atoms in total. The standard InChI is InChI=1S/C15H17BrN4O2/c1-10-9-14(19-13-5-3-12(16)4-6-13)20-15(18-10)17-7-8-22-11(2)21/h3-6,9H,7-8H2,1-2H3,(H2,17,18,19,20). The average molecular weight is 365 g/mol. The number of hydrogen-bond acceptors (Lipinski definition) is 6. The Morgan fingerprint density at radius 3 is 2.68 bits per heavy atom. The Bertz CT molecular complexity index is 646. The summed E-state index contributed by atoms with van der Waals surface area (Å²) in [5.41, 5.74) is 1.77. The highest BCUT2D eigenvalue weighted by Crippen LogP contribution is 2.19. The van der Waals surface area contributed by atoms with Crippen molar-refractivity contribution in [3.05, 3.63) is 40.5 Å². The number of aromatic nitrogens is 2. The van der Waals surface area contributed by atoms with Gasteiger partial charge < -0.3 is 15.4 Å². The zero-order valence-corrected chi connectivity index (χ0v) is 14.0. The number of anilines is 3. The van der Waals surface area contributed by atoms with Gasteiger partial charge in [-0.05, 0) is 31.2 Å². The fourth-order valence-corrected chi connectivity index (χ4v) is 2.01. The van der Waals surface area contributed by atoms with Gasteiger partial charge in [0.2, 0.25) is 5.95 Å². The average Bonchev–Trinajstić information content (AvgIpc) is 2.45. The Balaban J connectivity index is 2.00. The molecule has 2 N–H and O–H groups in total. The van der Waals surface area contributed by atoms with Gasteiger partial charge in [0, 0.05) is 28.8 Å². The van der Waals surface area contributed by atoms with E-state index in [4.69, 9.17) is 4.74 Å². The lowest BCUT2D eigenvalue weighted by atomic mass is 10.3. The number of carbonyl (C=O) groups is 1. The van der Waals surface area contributed by atoms with Gasteiger partial charge >= 0.3 is 5.97 Å². The van der Waals surface area contributed by atoms with Crippen molar-refractivity contribution in [3.8, 4) is 0 Å². The van der Waals surface area contributed by atoms with Crippen LogP contribution in [0.4, 0.5) is 17.5 Å². The summed E-state index contributed by atoms with van der Waals surface area (Å²) in [5.74, 6) is 0.890. The summed E-state index contributed by atoms with van der Waals surface area (Å²) in [5, 5.41) is 6.25. The molecule has 0 amide bonds. The highest BCUT2D eigenvalue weighted by Gasteiger charge is 2.03. The topological polar surface area (TPSA) is 76.1 Å². The molecule has 0 spiro atoms. The Hall–Kier alpha value is -2.15. The van der Waals surface area contributed by atoms with Gasteiger partial charge in [0.15, 0.2) is 0 Å². The molecule has 0 radical (unpaired) electrons. The second-order valence-corrected chi connectivity index (χ2v) is 5.53. The molecule has 1 aromatic carbocycles. The van der Waals surface area contributed by atoms with E-state index in [1.807, 2.05) is 37.3 Å². The van der Waals surface area contributed by atoms with Crippen LogP contribution >= 0.6 is 15.9 Å². The van der Waals surface area contributed by atoms with Gasteiger partial charge in [-0.3, -0.25) is 4.79 Å². The van der Waals surface area contributed by atoms with E-state index >= 15 is 0 Å². The zero-order chi connectivity index (χ0) is 15.9. The summed E-state index contributed by atoms with van der Waals surface area (Å²) >= 11 is 3.40. The number of aryl methyl sites for hydroxylation is 1. The molecule has 0 bridgehead atoms. The Morgan fingerprint density at radius 2 is 2.00 bits per heavy atom. The first kappa shape index (κ1) is 16.2. The van der Waals surface area contributed by atoms with Gasteiger partial charge in [-0.2, -0.15) is 4.98 Å². The fraction of sp³-hybridized carbons (Fsp3) is 0.267. The van der Waals surface area contributed by atoms with Crippen LogP contribution < -0.4 is 10.6 Å². The first-order valence-electron chi connectivity index (χ1n) is 6.78. The van der Waals surface area contributed by atoms with Crippen molar-refractivity contribution in [2.24, 2.45) is 0 Å². The van der Waals surface area contributed by atoms with E-state index in [-0.39, 0.29) is 12.6 Å². The lowest BCUT2D eigenvalue weighted by Crippen LogP contribution is -2.14. The monoisotopic (exact) mass is 364 g/mol. The van der Waals surface area contributed by atoms with Crippen LogP contribution in [-0.4, -0.2) is 29.1 Å². The fourth-order valence-electron chi connectivity index (χ4n) is 1.75. The molecular weight excluding hydrogens is 348 g/mol. The molecule has 0 atom stereocenters. The van der Waals surface area contributed by atoms with Crippen molar-refractivity contribution >= 4 is 39.4 Å². The van der Waals surface area contributed by atoms with Gasteiger partial charge in [0.05, 0.1) is 6.54 Å². The summed E-state index contributed by atoms with van der Waals surface area (Å²) in [6, 6.07) is 9.67. The number of rotatable bonds is 6. The number of ether oxygens (including phenoxy) is 1. The summed E-state index contributed by atoms with van der Waals surface area (Å²) in [6.45, 7) is 4.01. The minimum absolute atomic E-state index is 0.280. The molecule has 7 heteroatoms. The highest BCUT2D eigenvalue weighted by atomic mass is 79.9. The molecule has 2 rings (SSSR count). The first-order chi connectivity index (χ1) is 10.5. The minimum Gasteiger partial charge on any atom is -0.464 e. The van der Waals surface area contributed by atoms with Crippen LogP contribution in [0.15, 0.2) is 34.8 Å². The van der Waals surface area contributed by atoms with Gasteiger partial charge in [0.1, 0.15) is 12.4 Å². The molecule has 1 aromatic heterocycles. The van der Waals surface area contributed by atoms with Crippen LogP contribution in [0.3, 0.4) is 0 Å². The molecular formula is C15H17BrN4O2. The second-order valence-electron chi connectivity index (χ2n) is 4.62. The van der Waals surface area contributed by atoms with Crippen molar-refractivity contribution in [1.29, 1.82) is 0 Å². The molecule has 0 fully saturated rings. The third-order valence-electron chi connectivity index (χ3n) is 2.66. The van der Waals surface area contributed by atoms with Crippen molar-refractivity contribution in [3.63, 3.8) is 0 Å². The molecule has 0 aliphatic heterocycles. The van der Waals surface area contributed by atoms with E-state index in [1.165, 1.54) is 6.92 Å². The van der Waals surface area contributed by atoms with E-state index < -0.39 is 0 Å². The molecule has 116 valence electrons. The lowest BCUT2D eigenvalue weighted by Gasteiger charge is -2.10. The van der Waals surface area contributed by atoms with Crippen molar-refractivity contribution < 1.29 is 9.53 Å². The Kier molecular flexibility index (Phi) is 5.71. The number of carbonyl (C=O) groups excluding carboxylic acids is 1. The molecule has 0 unspecified atom stereocenters. The third kappa shape index (κ3) is 5.33. The third-order valence-corrected chi connectivity index (χ3v) is 3.19. The zero-order valence-electron chi connectivity index (χ0n) is 12.4. The maximum absolute atomic E-state index is 10.7. The maximum Gasteiger partial charge on any atom is 0.302 e. The van der Waals surface area contributed by atoms with Crippen molar-refractivity contribution in [2.45, 2.75) is 13.8 Å². The van der Waals surface area contributed by atoms with Crippen LogP contribution in [-0.2, 0) is 9.53 Å². The van der Waals surface area contributed by atoms with Gasteiger partial charge in [-0.25, -0.2) is 4.98 Å². The SMILES string of the molecule is CC(=O)OCCNc1nc(C)cc(Nc2ccc(Br)cc2)n1. The van der Waals surface area contributed by atoms with E-state index in [9.17, 15) is 4.79 Å². The van der Waals surface area contributed by atoms with Gasteiger partial charge in [-0.15, -0.1) is 0 Å². The Morgan fingerprint density at radius 1 is 1.27 bits per heavy atom. The molecule has 0 saturated heterocycles. The van der Waals surface area contributed by atoms with Gasteiger partial charge in [-0.1, -0.05) is 15.9 Å². The molecule has 2 aromatic rings. The Labute approximate surface area is 137 Å². The summed E-state index contributed by atoms with van der Waals surface area (Å²) in [4.78, 5) is 19.4. The van der Waals surface area contributed by atoms with Gasteiger partial charge in [0.25, 0.3) is 0 Å². The van der Waals surface area contributed by atoms with E-state index in [0.29, 0.717) is 18.3 Å². The number of benzene rings is 1. The lowest BCUT2D eigenvalue weighted by molar-refractivity contribution is -0.140. The van der Waals surface area contributed by atoms with Crippen LogP contribution in [0, 0.1) is 6.92 Å². The summed E-state index contributed by atoms with van der Waals surface area (Å²) in [7, 11) is 0. The van der Waals surface area contributed by atoms with E-state index in [1.54, 1.807) is 0 Å². The number of hydrogen-bond donors (Lipinski definition) is 2. The van der Waals surface area contributed by atoms with E-state index in [0.717, 1.165) is 15.9 Å². The molecule has 0 aliphatic carbocycles. The number of esters is 1. The molecule has 1 heterocycles. The minimum atomic E-state index is -0.301. The predicted octanol–water partition coefficient (Wildman–Crippen LogP) is 3.27. The summed E-state index contributed by atoms with van der Waals surface area (Å²) in [6.07, 6.45) is 0. The smallest absolute Gasteiger partial charge is 0.302 e. The largest absolute Gasteiger partial charge is 0.464 e. The number of nitrogens with zero attached hydrogens (tertiary/aromatic N) is 2. The molecule has 22 heavy (non-hydrogen) atoms. The first-order valence-corrected chi connectivity index (χ1v) is 7.58. The van der Waals surface area contributed by atoms with Crippen LogP contribution in [0.25, 0.3) is 0 Å². The maximum atomic E-state index is 10.7. The highest BCUT2D eigenvalue weighted by molar-refractivity contribution is 9.10. The molecule has 0 saturated carbocycles. The van der Waals surface area contributed by atoms with Crippen molar-refractivity contribution in [1.82, 2.24) is 9.97 Å². The summed E-state index contributed by atoms with van der Waals surface area (Å²) < 4.78 is 5.87. The predicted molar refractivity (Wildman–Crippen MR) is 89.3 cm³/mol. The molecule has 0 aliphatic rings. The quantitative estimate of drug-likeness (QED) is 0.605. The van der Waals surface area contributed by atoms with Crippen LogP contribution in [0.2, 0.25) is 0 Å². The normalized spacial score (nSPS) is 10.1. The second kappa shape index (κ2) is 7.74. The van der Waals surface area contributed by atoms with Crippen LogP contribution in [0.1, 0.15) is 12.6 Å². The van der Waals surface area contributed by atoms with E-state index in [2.05, 4.69) is 36.5 Å². The van der Waals surface area contributed by atoms with Crippen molar-refractivity contribution in [2.75, 3.05) is 23.8 Å². The van der Waals surface area contributed by atoms with Crippen LogP contribution in [0.5, 0.6) is 0 Å². The number of nitrogens with one attached hydrogen (secondary N) is 2. The number of halogens is 1.